The van der Waals surface area contributed by atoms with Crippen molar-refractivity contribution in [1.29, 1.82) is 0 Å². The number of aromatic amines is 1. The van der Waals surface area contributed by atoms with Gasteiger partial charge in [-0.05, 0) is 53.9 Å². The normalized spacial score (nSPS) is 16.7. The molecule has 5 rings (SSSR count). The number of aromatic nitrogens is 1. The lowest BCUT2D eigenvalue weighted by Crippen LogP contribution is -2.31. The zero-order valence-electron chi connectivity index (χ0n) is 21.4. The van der Waals surface area contributed by atoms with Crippen LogP contribution in [0.1, 0.15) is 22.7 Å². The average Bonchev–Trinajstić information content (AvgIpc) is 3.48. The van der Waals surface area contributed by atoms with E-state index in [9.17, 15) is 14.7 Å². The van der Waals surface area contributed by atoms with Crippen molar-refractivity contribution < 1.29 is 28.9 Å². The number of Topliss-reactive ketones (excluding diaryl/α,β-unsaturated/α-hetero) is 1. The highest BCUT2D eigenvalue weighted by Gasteiger charge is 2.45. The molecule has 1 aromatic heterocycles. The lowest BCUT2D eigenvalue weighted by atomic mass is 9.95. The van der Waals surface area contributed by atoms with E-state index in [0.717, 1.165) is 27.8 Å². The summed E-state index contributed by atoms with van der Waals surface area (Å²) in [5.41, 5.74) is 3.07. The molecule has 0 saturated carbocycles. The summed E-state index contributed by atoms with van der Waals surface area (Å²) in [7, 11) is 4.62. The molecule has 1 amide bonds. The number of H-pyrrole nitrogens is 1. The fourth-order valence-electron chi connectivity index (χ4n) is 4.96. The first kappa shape index (κ1) is 25.0. The number of aliphatic hydroxyl groups is 1. The Balaban J connectivity index is 1.55. The van der Waals surface area contributed by atoms with Gasteiger partial charge in [0, 0.05) is 29.2 Å². The maximum Gasteiger partial charge on any atom is 0.295 e. The van der Waals surface area contributed by atoms with Crippen molar-refractivity contribution in [3.8, 4) is 17.2 Å². The number of carbonyl (C=O) groups excluding carboxylic acids is 2. The third-order valence-electron chi connectivity index (χ3n) is 6.91. The Morgan fingerprint density at radius 2 is 1.68 bits per heavy atom. The van der Waals surface area contributed by atoms with E-state index in [0.29, 0.717) is 23.5 Å². The summed E-state index contributed by atoms with van der Waals surface area (Å²) >= 11 is 0. The van der Waals surface area contributed by atoms with Crippen molar-refractivity contribution in [3.05, 3.63) is 95.2 Å². The van der Waals surface area contributed by atoms with Gasteiger partial charge in [-0.1, -0.05) is 30.3 Å². The van der Waals surface area contributed by atoms with Crippen LogP contribution in [0, 0.1) is 0 Å². The number of ether oxygens (including phenoxy) is 3. The summed E-state index contributed by atoms with van der Waals surface area (Å²) < 4.78 is 16.0. The second-order valence-corrected chi connectivity index (χ2v) is 8.95. The fourth-order valence-corrected chi connectivity index (χ4v) is 4.96. The van der Waals surface area contributed by atoms with Crippen LogP contribution in [-0.4, -0.2) is 54.6 Å². The van der Waals surface area contributed by atoms with Gasteiger partial charge >= 0.3 is 0 Å². The molecule has 0 radical (unpaired) electrons. The van der Waals surface area contributed by atoms with Crippen LogP contribution in [0.15, 0.2) is 78.5 Å². The average molecular weight is 513 g/mol. The second-order valence-electron chi connectivity index (χ2n) is 8.95. The van der Waals surface area contributed by atoms with Gasteiger partial charge in [0.15, 0.2) is 11.5 Å². The Labute approximate surface area is 220 Å². The molecule has 0 aliphatic carbocycles. The molecule has 2 heterocycles. The summed E-state index contributed by atoms with van der Waals surface area (Å²) in [5, 5.41) is 12.3. The third-order valence-corrected chi connectivity index (χ3v) is 6.91. The van der Waals surface area contributed by atoms with E-state index in [1.165, 1.54) is 19.1 Å². The number of ketones is 1. The van der Waals surface area contributed by atoms with Crippen LogP contribution in [0.5, 0.6) is 17.2 Å². The number of fused-ring (bicyclic) bond motifs is 1. The van der Waals surface area contributed by atoms with Crippen molar-refractivity contribution in [3.63, 3.8) is 0 Å². The number of hydrogen-bond acceptors (Lipinski definition) is 6. The zero-order valence-corrected chi connectivity index (χ0v) is 21.4. The number of methoxy groups -OCH3 is 3. The monoisotopic (exact) mass is 512 g/mol. The number of likely N-dealkylation sites (tertiary alicyclic amines) is 1. The minimum absolute atomic E-state index is 0.0361. The largest absolute Gasteiger partial charge is 0.507 e. The van der Waals surface area contributed by atoms with Gasteiger partial charge in [-0.2, -0.15) is 0 Å². The van der Waals surface area contributed by atoms with E-state index >= 15 is 0 Å². The number of nitrogens with zero attached hydrogens (tertiary/aromatic N) is 1. The molecule has 1 atom stereocenters. The van der Waals surface area contributed by atoms with E-state index in [2.05, 4.69) is 4.98 Å². The number of nitrogens with one attached hydrogen (secondary N) is 1. The molecular formula is C30H28N2O6. The summed E-state index contributed by atoms with van der Waals surface area (Å²) in [4.78, 5) is 31.5. The number of rotatable bonds is 8. The number of aliphatic hydroxyl groups excluding tert-OH is 1. The van der Waals surface area contributed by atoms with Gasteiger partial charge in [0.2, 0.25) is 0 Å². The Hall–Kier alpha value is -4.72. The van der Waals surface area contributed by atoms with E-state index < -0.39 is 17.7 Å². The van der Waals surface area contributed by atoms with Gasteiger partial charge in [-0.15, -0.1) is 0 Å². The Morgan fingerprint density at radius 3 is 2.39 bits per heavy atom. The molecule has 4 aromatic rings. The minimum Gasteiger partial charge on any atom is -0.507 e. The van der Waals surface area contributed by atoms with E-state index in [1.807, 2.05) is 54.7 Å². The maximum absolute atomic E-state index is 13.4. The first-order valence-corrected chi connectivity index (χ1v) is 12.2. The molecule has 0 bridgehead atoms. The summed E-state index contributed by atoms with van der Waals surface area (Å²) in [6.07, 6.45) is 2.40. The zero-order chi connectivity index (χ0) is 26.8. The van der Waals surface area contributed by atoms with Crippen molar-refractivity contribution in [2.24, 2.45) is 0 Å². The van der Waals surface area contributed by atoms with E-state index in [1.54, 1.807) is 25.3 Å². The van der Waals surface area contributed by atoms with Gasteiger partial charge in [0.05, 0.1) is 32.9 Å². The summed E-state index contributed by atoms with van der Waals surface area (Å²) in [6.45, 7) is 0.275. The molecule has 8 heteroatoms. The summed E-state index contributed by atoms with van der Waals surface area (Å²) in [6, 6.07) is 19.1. The second kappa shape index (κ2) is 10.3. The van der Waals surface area contributed by atoms with Crippen LogP contribution in [0.4, 0.5) is 0 Å². The topological polar surface area (TPSA) is 101 Å². The van der Waals surface area contributed by atoms with Gasteiger partial charge in [-0.25, -0.2) is 0 Å². The molecule has 2 N–H and O–H groups in total. The molecule has 194 valence electrons. The van der Waals surface area contributed by atoms with Crippen LogP contribution < -0.4 is 14.2 Å². The number of hydrogen-bond donors (Lipinski definition) is 2. The number of benzene rings is 3. The van der Waals surface area contributed by atoms with Crippen molar-refractivity contribution in [2.45, 2.75) is 12.5 Å². The van der Waals surface area contributed by atoms with Crippen molar-refractivity contribution >= 4 is 28.4 Å². The number of amides is 1. The Bertz CT molecular complexity index is 1540. The minimum atomic E-state index is -0.746. The fraction of sp³-hybridized carbons (Fsp3) is 0.200. The highest BCUT2D eigenvalue weighted by atomic mass is 16.5. The maximum atomic E-state index is 13.4. The Morgan fingerprint density at radius 1 is 0.921 bits per heavy atom. The number of carbonyl (C=O) groups is 2. The standard InChI is InChI=1S/C30H28N2O6/c1-36-21-10-11-23-22(16-21)20(17-31-23)13-14-32-27(18-7-5-4-6-8-18)26(29(34)30(32)35)28(33)19-9-12-24(37-2)25(15-19)38-3/h4-12,15-17,27,31,33H,13-14H2,1-3H3/t27-/m1/s1. The van der Waals surface area contributed by atoms with Gasteiger partial charge in [-0.3, -0.25) is 9.59 Å². The van der Waals surface area contributed by atoms with Gasteiger partial charge < -0.3 is 29.2 Å². The van der Waals surface area contributed by atoms with Crippen molar-refractivity contribution in [2.75, 3.05) is 27.9 Å². The molecular weight excluding hydrogens is 484 g/mol. The van der Waals surface area contributed by atoms with Crippen molar-refractivity contribution in [1.82, 2.24) is 9.88 Å². The quantitative estimate of drug-likeness (QED) is 0.199. The van der Waals surface area contributed by atoms with Crippen LogP contribution in [0.3, 0.4) is 0 Å². The lowest BCUT2D eigenvalue weighted by Gasteiger charge is -2.25. The third kappa shape index (κ3) is 4.34. The SMILES string of the molecule is COc1ccc2[nH]cc(CCN3C(=O)C(=O)C(=C(O)c4ccc(OC)c(OC)c4)[C@H]3c3ccccc3)c2c1. The molecule has 0 unspecified atom stereocenters. The highest BCUT2D eigenvalue weighted by Crippen LogP contribution is 2.41. The molecule has 1 saturated heterocycles. The Kier molecular flexibility index (Phi) is 6.79. The molecule has 8 nitrogen and oxygen atoms in total. The van der Waals surface area contributed by atoms with E-state index in [-0.39, 0.29) is 17.9 Å². The molecule has 1 aliphatic heterocycles. The molecule has 38 heavy (non-hydrogen) atoms. The molecule has 1 fully saturated rings. The lowest BCUT2D eigenvalue weighted by molar-refractivity contribution is -0.139. The molecule has 0 spiro atoms. The van der Waals surface area contributed by atoms with Gasteiger partial charge in [0.1, 0.15) is 11.5 Å². The van der Waals surface area contributed by atoms with E-state index in [4.69, 9.17) is 14.2 Å². The molecule has 1 aliphatic rings. The smallest absolute Gasteiger partial charge is 0.295 e. The molecule has 3 aromatic carbocycles. The first-order valence-electron chi connectivity index (χ1n) is 12.2. The predicted molar refractivity (Wildman–Crippen MR) is 144 cm³/mol. The van der Waals surface area contributed by atoms with Gasteiger partial charge in [0.25, 0.3) is 11.7 Å². The predicted octanol–water partition coefficient (Wildman–Crippen LogP) is 4.86. The first-order chi connectivity index (χ1) is 18.5. The van der Waals surface area contributed by atoms with Crippen LogP contribution >= 0.6 is 0 Å². The van der Waals surface area contributed by atoms with Crippen LogP contribution in [0.2, 0.25) is 0 Å². The highest BCUT2D eigenvalue weighted by molar-refractivity contribution is 6.46. The summed E-state index contributed by atoms with van der Waals surface area (Å²) in [5.74, 6) is -0.0307. The van der Waals surface area contributed by atoms with Crippen LogP contribution in [-0.2, 0) is 16.0 Å². The van der Waals surface area contributed by atoms with Crippen LogP contribution in [0.25, 0.3) is 16.7 Å².